The molecule has 2 atom stereocenters. The molecular formula is C31H32Cl2FN7O2S. The van der Waals surface area contributed by atoms with Crippen LogP contribution in [0.2, 0.25) is 10.0 Å². The summed E-state index contributed by atoms with van der Waals surface area (Å²) in [5.41, 5.74) is 7.07. The molecule has 0 unspecified atom stereocenters. The molecule has 230 valence electrons. The van der Waals surface area contributed by atoms with Gasteiger partial charge in [-0.1, -0.05) is 43.6 Å². The van der Waals surface area contributed by atoms with Gasteiger partial charge in [-0.2, -0.15) is 4.98 Å². The van der Waals surface area contributed by atoms with E-state index in [2.05, 4.69) is 16.5 Å². The quantitative estimate of drug-likeness (QED) is 0.146. The molecule has 5 rings (SSSR count). The summed E-state index contributed by atoms with van der Waals surface area (Å²) in [6, 6.07) is 5.87. The van der Waals surface area contributed by atoms with E-state index in [4.69, 9.17) is 33.9 Å². The minimum atomic E-state index is -0.775. The van der Waals surface area contributed by atoms with E-state index in [9.17, 15) is 9.59 Å². The lowest BCUT2D eigenvalue weighted by Crippen LogP contribution is -2.58. The lowest BCUT2D eigenvalue weighted by atomic mass is 10.1. The number of benzene rings is 1. The highest BCUT2D eigenvalue weighted by molar-refractivity contribution is 7.98. The molecule has 1 saturated heterocycles. The number of halogens is 3. The Morgan fingerprint density at radius 3 is 2.55 bits per heavy atom. The molecule has 9 nitrogen and oxygen atoms in total. The number of carbonyl (C=O) groups is 1. The second-order valence-corrected chi connectivity index (χ2v) is 12.7. The Bertz CT molecular complexity index is 1870. The maximum atomic E-state index is 15.5. The minimum Gasteiger partial charge on any atom is -0.398 e. The van der Waals surface area contributed by atoms with Crippen molar-refractivity contribution in [3.63, 3.8) is 0 Å². The number of nitrogens with zero attached hydrogens (tertiary/aromatic N) is 6. The average Bonchev–Trinajstić information content (AvgIpc) is 2.99. The fraction of sp³-hybridized carbons (Fsp3) is 0.323. The van der Waals surface area contributed by atoms with Gasteiger partial charge >= 0.3 is 5.69 Å². The van der Waals surface area contributed by atoms with Crippen LogP contribution in [-0.2, 0) is 4.79 Å². The highest BCUT2D eigenvalue weighted by atomic mass is 35.5. The normalized spacial score (nSPS) is 17.0. The van der Waals surface area contributed by atoms with E-state index >= 15 is 4.39 Å². The Kier molecular flexibility index (Phi) is 8.93. The summed E-state index contributed by atoms with van der Waals surface area (Å²) in [4.78, 5) is 45.2. The van der Waals surface area contributed by atoms with Crippen LogP contribution in [0, 0.1) is 5.82 Å². The number of rotatable bonds is 6. The SMILES string of the molecule is C=CC(=O)N1C[C@H](C)N(c2nc(=O)n(-c3c(SC)ccnc3C(C)C)c3nc(-c4c(N)ccc(Cl)c4F)c(Cl)cc23)C[C@H]1C. The minimum absolute atomic E-state index is 0.0328. The van der Waals surface area contributed by atoms with Crippen LogP contribution in [0.25, 0.3) is 28.0 Å². The van der Waals surface area contributed by atoms with Gasteiger partial charge in [0.2, 0.25) is 5.91 Å². The van der Waals surface area contributed by atoms with Crippen LogP contribution in [0.1, 0.15) is 39.3 Å². The highest BCUT2D eigenvalue weighted by Gasteiger charge is 2.34. The lowest BCUT2D eigenvalue weighted by Gasteiger charge is -2.44. The van der Waals surface area contributed by atoms with E-state index < -0.39 is 11.5 Å². The number of aromatic nitrogens is 4. The van der Waals surface area contributed by atoms with E-state index in [0.29, 0.717) is 35.7 Å². The van der Waals surface area contributed by atoms with Crippen molar-refractivity contribution in [3.05, 3.63) is 75.2 Å². The molecule has 1 aromatic carbocycles. The molecule has 44 heavy (non-hydrogen) atoms. The van der Waals surface area contributed by atoms with Gasteiger partial charge in [0.25, 0.3) is 0 Å². The van der Waals surface area contributed by atoms with Crippen LogP contribution in [0.4, 0.5) is 15.9 Å². The molecule has 2 N–H and O–H groups in total. The van der Waals surface area contributed by atoms with Crippen molar-refractivity contribution in [2.75, 3.05) is 30.0 Å². The number of anilines is 2. The van der Waals surface area contributed by atoms with Crippen LogP contribution in [-0.4, -0.2) is 61.8 Å². The zero-order valence-electron chi connectivity index (χ0n) is 24.9. The second-order valence-electron chi connectivity index (χ2n) is 11.0. The third-order valence-corrected chi connectivity index (χ3v) is 9.14. The summed E-state index contributed by atoms with van der Waals surface area (Å²) in [5, 5.41) is 0.418. The van der Waals surface area contributed by atoms with Gasteiger partial charge in [-0.05, 0) is 56.4 Å². The first-order valence-corrected chi connectivity index (χ1v) is 16.0. The number of nitrogens with two attached hydrogens (primary N) is 1. The topological polar surface area (TPSA) is 110 Å². The summed E-state index contributed by atoms with van der Waals surface area (Å²) in [6.45, 7) is 12.2. The molecule has 1 aliphatic heterocycles. The van der Waals surface area contributed by atoms with Gasteiger partial charge in [0.05, 0.1) is 38.1 Å². The fourth-order valence-electron chi connectivity index (χ4n) is 5.62. The van der Waals surface area contributed by atoms with E-state index in [1.807, 2.05) is 44.9 Å². The standard InChI is InChI=1S/C31H32Cl2FN7O2S/c1-7-23(42)39-13-17(5)40(14-16(39)4)29-18-12-20(33)27(24-21(35)9-8-19(32)25(24)34)37-30(18)41(31(43)38-29)28-22(44-6)10-11-36-26(28)15(2)3/h7-12,15-17H,1,13-14,35H2,2-6H3/t16-,17+/m1/s1. The Hall–Kier alpha value is -3.67. The zero-order chi connectivity index (χ0) is 32.0. The molecule has 4 heterocycles. The van der Waals surface area contributed by atoms with Gasteiger partial charge in [-0.15, -0.1) is 11.8 Å². The summed E-state index contributed by atoms with van der Waals surface area (Å²) in [5.74, 6) is -0.645. The maximum Gasteiger partial charge on any atom is 0.355 e. The number of carbonyl (C=O) groups excluding carboxylic acids is 1. The number of amides is 1. The maximum absolute atomic E-state index is 15.5. The van der Waals surface area contributed by atoms with Crippen molar-refractivity contribution in [2.24, 2.45) is 0 Å². The number of hydrogen-bond donors (Lipinski definition) is 1. The van der Waals surface area contributed by atoms with Crippen LogP contribution < -0.4 is 16.3 Å². The fourth-order valence-corrected chi connectivity index (χ4v) is 6.61. The molecule has 1 amide bonds. The van der Waals surface area contributed by atoms with Gasteiger partial charge < -0.3 is 15.5 Å². The van der Waals surface area contributed by atoms with Gasteiger partial charge in [0.1, 0.15) is 5.82 Å². The van der Waals surface area contributed by atoms with E-state index in [-0.39, 0.29) is 56.5 Å². The molecule has 0 aliphatic carbocycles. The highest BCUT2D eigenvalue weighted by Crippen LogP contribution is 2.40. The summed E-state index contributed by atoms with van der Waals surface area (Å²) < 4.78 is 16.9. The molecule has 13 heteroatoms. The largest absolute Gasteiger partial charge is 0.398 e. The molecular weight excluding hydrogens is 624 g/mol. The van der Waals surface area contributed by atoms with Crippen LogP contribution in [0.5, 0.6) is 0 Å². The van der Waals surface area contributed by atoms with E-state index in [0.717, 1.165) is 4.90 Å². The number of nitrogen functional groups attached to an aromatic ring is 1. The van der Waals surface area contributed by atoms with Crippen molar-refractivity contribution in [3.8, 4) is 16.9 Å². The molecule has 0 radical (unpaired) electrons. The Morgan fingerprint density at radius 1 is 1.16 bits per heavy atom. The number of hydrogen-bond acceptors (Lipinski definition) is 8. The van der Waals surface area contributed by atoms with Crippen LogP contribution in [0.3, 0.4) is 0 Å². The molecule has 0 saturated carbocycles. The van der Waals surface area contributed by atoms with Gasteiger partial charge in [0, 0.05) is 42.0 Å². The zero-order valence-corrected chi connectivity index (χ0v) is 27.3. The van der Waals surface area contributed by atoms with Crippen molar-refractivity contribution >= 4 is 63.4 Å². The predicted molar refractivity (Wildman–Crippen MR) is 177 cm³/mol. The Labute approximate surface area is 268 Å². The molecule has 1 fully saturated rings. The van der Waals surface area contributed by atoms with Gasteiger partial charge in [-0.3, -0.25) is 9.78 Å². The third kappa shape index (κ3) is 5.41. The van der Waals surface area contributed by atoms with E-state index in [1.54, 1.807) is 17.2 Å². The average molecular weight is 657 g/mol. The summed E-state index contributed by atoms with van der Waals surface area (Å²) >= 11 is 14.4. The van der Waals surface area contributed by atoms with Gasteiger partial charge in [-0.25, -0.2) is 18.7 Å². The first-order valence-electron chi connectivity index (χ1n) is 14.0. The van der Waals surface area contributed by atoms with Crippen LogP contribution in [0.15, 0.2) is 52.8 Å². The second kappa shape index (κ2) is 12.4. The molecule has 1 aliphatic rings. The Morgan fingerprint density at radius 2 is 1.89 bits per heavy atom. The smallest absolute Gasteiger partial charge is 0.355 e. The van der Waals surface area contributed by atoms with Crippen molar-refractivity contribution < 1.29 is 9.18 Å². The van der Waals surface area contributed by atoms with Crippen LogP contribution >= 0.6 is 35.0 Å². The molecule has 0 bridgehead atoms. The Balaban J connectivity index is 1.87. The van der Waals surface area contributed by atoms with Crippen molar-refractivity contribution in [1.82, 2.24) is 24.4 Å². The van der Waals surface area contributed by atoms with Crippen molar-refractivity contribution in [2.45, 2.75) is 50.6 Å². The number of thioether (sulfide) groups is 1. The number of piperazine rings is 1. The molecule has 0 spiro atoms. The lowest BCUT2D eigenvalue weighted by molar-refractivity contribution is -0.128. The molecule has 3 aromatic heterocycles. The first kappa shape index (κ1) is 31.7. The predicted octanol–water partition coefficient (Wildman–Crippen LogP) is 6.33. The number of pyridine rings is 2. The summed E-state index contributed by atoms with van der Waals surface area (Å²) in [6.07, 6.45) is 4.90. The monoisotopic (exact) mass is 655 g/mol. The number of fused-ring (bicyclic) bond motifs is 1. The third-order valence-electron chi connectivity index (χ3n) is 7.79. The summed E-state index contributed by atoms with van der Waals surface area (Å²) in [7, 11) is 0. The first-order chi connectivity index (χ1) is 20.9. The molecule has 4 aromatic rings. The van der Waals surface area contributed by atoms with E-state index in [1.165, 1.54) is 34.5 Å². The van der Waals surface area contributed by atoms with Crippen molar-refractivity contribution in [1.29, 1.82) is 0 Å². The van der Waals surface area contributed by atoms with Gasteiger partial charge in [0.15, 0.2) is 11.5 Å².